The molecule has 0 amide bonds. The molecule has 29 heavy (non-hydrogen) atoms. The summed E-state index contributed by atoms with van der Waals surface area (Å²) in [6, 6.07) is 2.04. The van der Waals surface area contributed by atoms with Gasteiger partial charge in [-0.3, -0.25) is 14.3 Å². The zero-order chi connectivity index (χ0) is 20.4. The van der Waals surface area contributed by atoms with Crippen LogP contribution in [0.25, 0.3) is 11.3 Å². The van der Waals surface area contributed by atoms with Gasteiger partial charge in [-0.15, -0.1) is 11.3 Å². The number of aromatic amines is 1. The lowest BCUT2D eigenvalue weighted by Gasteiger charge is -2.26. The zero-order valence-corrected chi connectivity index (χ0v) is 17.0. The van der Waals surface area contributed by atoms with Crippen LogP contribution in [-0.2, 0) is 6.42 Å². The first-order valence-electron chi connectivity index (χ1n) is 10.1. The molecule has 3 aliphatic rings. The molecule has 2 heterocycles. The Kier molecular flexibility index (Phi) is 4.33. The SMILES string of the molecule is CC1=c2c(c(=O)[nH]c(=O)n2C2CC2)=C(N)C(F)C1c1cc2c(s1)CCCC2CO. The van der Waals surface area contributed by atoms with E-state index >= 15 is 4.39 Å². The fraction of sp³-hybridized carbons (Fsp3) is 0.524. The van der Waals surface area contributed by atoms with Gasteiger partial charge in [0.2, 0.25) is 0 Å². The highest BCUT2D eigenvalue weighted by Crippen LogP contribution is 2.44. The van der Waals surface area contributed by atoms with Crippen molar-refractivity contribution in [2.75, 3.05) is 6.61 Å². The van der Waals surface area contributed by atoms with Gasteiger partial charge in [0.25, 0.3) is 5.56 Å². The molecule has 3 atom stereocenters. The number of aromatic nitrogens is 2. The highest BCUT2D eigenvalue weighted by molar-refractivity contribution is 7.12. The lowest BCUT2D eigenvalue weighted by atomic mass is 9.84. The maximum Gasteiger partial charge on any atom is 0.329 e. The fourth-order valence-corrected chi connectivity index (χ4v) is 6.42. The Morgan fingerprint density at radius 3 is 2.79 bits per heavy atom. The Hall–Kier alpha value is -2.19. The molecule has 2 aromatic rings. The predicted octanol–water partition coefficient (Wildman–Crippen LogP) is 0.718. The Labute approximate surface area is 170 Å². The molecule has 0 aromatic carbocycles. The summed E-state index contributed by atoms with van der Waals surface area (Å²) in [7, 11) is 0. The van der Waals surface area contributed by atoms with Crippen LogP contribution in [0.3, 0.4) is 0 Å². The minimum Gasteiger partial charge on any atom is -0.399 e. The molecule has 3 unspecified atom stereocenters. The third-order valence-corrected chi connectivity index (χ3v) is 7.85. The van der Waals surface area contributed by atoms with E-state index in [0.29, 0.717) is 10.9 Å². The Morgan fingerprint density at radius 1 is 1.34 bits per heavy atom. The number of rotatable bonds is 3. The first kappa shape index (κ1) is 18.8. The number of aliphatic hydroxyl groups is 1. The number of nitrogens with zero attached hydrogens (tertiary/aromatic N) is 1. The number of aryl methyl sites for hydroxylation is 1. The van der Waals surface area contributed by atoms with E-state index in [-0.39, 0.29) is 29.5 Å². The van der Waals surface area contributed by atoms with Gasteiger partial charge in [0.15, 0.2) is 6.17 Å². The molecule has 4 N–H and O–H groups in total. The van der Waals surface area contributed by atoms with E-state index in [2.05, 4.69) is 4.98 Å². The number of hydrogen-bond acceptors (Lipinski definition) is 5. The zero-order valence-electron chi connectivity index (χ0n) is 16.2. The summed E-state index contributed by atoms with van der Waals surface area (Å²) >= 11 is 1.57. The van der Waals surface area contributed by atoms with Crippen LogP contribution in [-0.4, -0.2) is 27.4 Å². The molecule has 0 radical (unpaired) electrons. The number of aliphatic hydroxyl groups excluding tert-OH is 1. The molecule has 8 heteroatoms. The van der Waals surface area contributed by atoms with Crippen LogP contribution in [0.2, 0.25) is 0 Å². The lowest BCUT2D eigenvalue weighted by molar-refractivity contribution is 0.253. The molecule has 0 bridgehead atoms. The van der Waals surface area contributed by atoms with Gasteiger partial charge in [0.05, 0.1) is 22.2 Å². The van der Waals surface area contributed by atoms with Crippen molar-refractivity contribution in [1.82, 2.24) is 9.55 Å². The highest BCUT2D eigenvalue weighted by atomic mass is 32.1. The molecule has 3 aliphatic carbocycles. The topological polar surface area (TPSA) is 101 Å². The molecule has 6 nitrogen and oxygen atoms in total. The van der Waals surface area contributed by atoms with Crippen LogP contribution in [0.1, 0.15) is 65.8 Å². The summed E-state index contributed by atoms with van der Waals surface area (Å²) in [6.07, 6.45) is 3.07. The predicted molar refractivity (Wildman–Crippen MR) is 110 cm³/mol. The van der Waals surface area contributed by atoms with Crippen molar-refractivity contribution in [3.8, 4) is 0 Å². The largest absolute Gasteiger partial charge is 0.399 e. The van der Waals surface area contributed by atoms with Crippen molar-refractivity contribution < 1.29 is 9.50 Å². The average Bonchev–Trinajstić information content (AvgIpc) is 3.43. The maximum atomic E-state index is 15.6. The Bertz CT molecular complexity index is 1240. The minimum absolute atomic E-state index is 0.0305. The molecule has 5 rings (SSSR count). The van der Waals surface area contributed by atoms with Crippen LogP contribution in [0.4, 0.5) is 4.39 Å². The monoisotopic (exact) mass is 417 g/mol. The molecular formula is C21H24FN3O3S. The van der Waals surface area contributed by atoms with Crippen molar-refractivity contribution in [2.24, 2.45) is 5.73 Å². The highest BCUT2D eigenvalue weighted by Gasteiger charge is 2.37. The molecule has 0 aliphatic heterocycles. The number of thiophene rings is 1. The number of halogens is 1. The van der Waals surface area contributed by atoms with Gasteiger partial charge in [-0.2, -0.15) is 0 Å². The van der Waals surface area contributed by atoms with Crippen molar-refractivity contribution in [3.63, 3.8) is 0 Å². The second kappa shape index (κ2) is 6.67. The fourth-order valence-electron chi connectivity index (χ4n) is 4.94. The second-order valence-corrected chi connectivity index (χ2v) is 9.57. The van der Waals surface area contributed by atoms with Crippen LogP contribution < -0.4 is 27.6 Å². The van der Waals surface area contributed by atoms with E-state index in [0.717, 1.165) is 42.5 Å². The van der Waals surface area contributed by atoms with E-state index in [9.17, 15) is 14.7 Å². The van der Waals surface area contributed by atoms with E-state index in [1.807, 2.05) is 13.0 Å². The van der Waals surface area contributed by atoms with Crippen molar-refractivity contribution >= 4 is 22.6 Å². The summed E-state index contributed by atoms with van der Waals surface area (Å²) < 4.78 is 17.2. The first-order chi connectivity index (χ1) is 13.9. The van der Waals surface area contributed by atoms with Crippen LogP contribution in [0, 0.1) is 0 Å². The summed E-state index contributed by atoms with van der Waals surface area (Å²) in [5.41, 5.74) is 6.76. The summed E-state index contributed by atoms with van der Waals surface area (Å²) in [5.74, 6) is -0.532. The van der Waals surface area contributed by atoms with Gasteiger partial charge in [-0.25, -0.2) is 9.18 Å². The van der Waals surface area contributed by atoms with E-state index < -0.39 is 23.3 Å². The van der Waals surface area contributed by atoms with Gasteiger partial charge >= 0.3 is 5.69 Å². The molecule has 2 aromatic heterocycles. The van der Waals surface area contributed by atoms with Gasteiger partial charge in [0.1, 0.15) is 0 Å². The number of nitrogens with one attached hydrogen (secondary N) is 1. The lowest BCUT2D eigenvalue weighted by Crippen LogP contribution is -2.59. The number of hydrogen-bond donors (Lipinski definition) is 3. The summed E-state index contributed by atoms with van der Waals surface area (Å²) in [5, 5.41) is 10.3. The Morgan fingerprint density at radius 2 is 2.10 bits per heavy atom. The molecule has 1 saturated carbocycles. The first-order valence-corrected chi connectivity index (χ1v) is 11.0. The van der Waals surface area contributed by atoms with Crippen molar-refractivity contribution in [3.05, 3.63) is 52.8 Å². The Balaban J connectivity index is 1.78. The van der Waals surface area contributed by atoms with Gasteiger partial charge in [-0.05, 0) is 56.2 Å². The van der Waals surface area contributed by atoms with E-state index in [1.54, 1.807) is 15.9 Å². The maximum absolute atomic E-state index is 15.6. The molecule has 0 saturated heterocycles. The molecule has 0 spiro atoms. The van der Waals surface area contributed by atoms with E-state index in [4.69, 9.17) is 5.73 Å². The van der Waals surface area contributed by atoms with Crippen LogP contribution in [0.5, 0.6) is 0 Å². The number of H-pyrrole nitrogens is 1. The average molecular weight is 418 g/mol. The van der Waals surface area contributed by atoms with Crippen molar-refractivity contribution in [2.45, 2.75) is 63.1 Å². The van der Waals surface area contributed by atoms with E-state index in [1.165, 1.54) is 4.88 Å². The summed E-state index contributed by atoms with van der Waals surface area (Å²) in [4.78, 5) is 29.4. The molecule has 154 valence electrons. The third-order valence-electron chi connectivity index (χ3n) is 6.56. The number of fused-ring (bicyclic) bond motifs is 2. The third kappa shape index (κ3) is 2.76. The van der Waals surface area contributed by atoms with Gasteiger partial charge in [0, 0.05) is 28.3 Å². The van der Waals surface area contributed by atoms with Crippen LogP contribution >= 0.6 is 11.3 Å². The minimum atomic E-state index is -1.53. The number of nitrogens with two attached hydrogens (primary N) is 1. The van der Waals surface area contributed by atoms with Crippen molar-refractivity contribution in [1.29, 1.82) is 0 Å². The number of alkyl halides is 1. The molecule has 1 fully saturated rings. The van der Waals surface area contributed by atoms with Gasteiger partial charge < -0.3 is 10.8 Å². The normalized spacial score (nSPS) is 26.4. The molecular weight excluding hydrogens is 393 g/mol. The van der Waals surface area contributed by atoms with Crippen LogP contribution in [0.15, 0.2) is 15.7 Å². The standard InChI is InChI=1S/C21H24FN3O3S/c1-9-15(14-7-12-10(8-26)3-2-4-13(12)29-14)17(22)18(23)16-19(9)25(11-5-6-11)21(28)24-20(16)27/h7,10-11,15,17,26H,2-6,8,23H2,1H3,(H,24,27,28). The second-order valence-electron chi connectivity index (χ2n) is 8.40. The quantitative estimate of drug-likeness (QED) is 0.685. The van der Waals surface area contributed by atoms with Gasteiger partial charge in [-0.1, -0.05) is 0 Å². The summed E-state index contributed by atoms with van der Waals surface area (Å²) in [6.45, 7) is 1.89. The smallest absolute Gasteiger partial charge is 0.329 e.